The Balaban J connectivity index is 0.000000429. The lowest BCUT2D eigenvalue weighted by Gasteiger charge is -2.56. The normalized spacial score (nSPS) is 16.7. The van der Waals surface area contributed by atoms with E-state index in [9.17, 15) is 26.0 Å². The molecule has 2 aliphatic heterocycles. The number of benzene rings is 1. The standard InChI is InChI=1S/C18H22FN5O3S.C2HF3O2/c1-12(2)23-28(25,26)16-5-13(19)3-4-14(16)27-15-6-20-11-22-17(15)24-9-18(10-24)7-21-8-18;3-2(4,5)1(6)7/h3-6,11-12,21,23H,7-10H2,1-2H3;(H,6,7). The van der Waals surface area contributed by atoms with E-state index in [0.717, 1.165) is 38.3 Å². The molecule has 0 radical (unpaired) electrons. The van der Waals surface area contributed by atoms with Gasteiger partial charge in [-0.05, 0) is 32.0 Å². The molecule has 192 valence electrons. The molecule has 3 N–H and O–H groups in total. The molecular formula is C20H23F4N5O5S. The van der Waals surface area contributed by atoms with Crippen LogP contribution in [-0.2, 0) is 14.8 Å². The first-order valence-corrected chi connectivity index (χ1v) is 11.8. The maximum atomic E-state index is 13.8. The van der Waals surface area contributed by atoms with Crippen LogP contribution in [0.15, 0.2) is 35.6 Å². The molecule has 15 heteroatoms. The van der Waals surface area contributed by atoms with Gasteiger partial charge in [-0.25, -0.2) is 32.3 Å². The van der Waals surface area contributed by atoms with Gasteiger partial charge in [0.2, 0.25) is 10.0 Å². The molecule has 2 fully saturated rings. The molecule has 35 heavy (non-hydrogen) atoms. The van der Waals surface area contributed by atoms with Crippen molar-refractivity contribution in [3.05, 3.63) is 36.5 Å². The number of carboxylic acids is 1. The van der Waals surface area contributed by atoms with Crippen molar-refractivity contribution in [3.8, 4) is 11.5 Å². The molecule has 1 aromatic heterocycles. The van der Waals surface area contributed by atoms with Crippen LogP contribution in [0, 0.1) is 11.2 Å². The molecule has 0 saturated carbocycles. The van der Waals surface area contributed by atoms with Gasteiger partial charge >= 0.3 is 12.1 Å². The Kier molecular flexibility index (Phi) is 7.52. The molecule has 0 bridgehead atoms. The fourth-order valence-electron chi connectivity index (χ4n) is 3.50. The van der Waals surface area contributed by atoms with Gasteiger partial charge in [0.25, 0.3) is 0 Å². The summed E-state index contributed by atoms with van der Waals surface area (Å²) in [6.07, 6.45) is -2.17. The van der Waals surface area contributed by atoms with Gasteiger partial charge in [-0.1, -0.05) is 0 Å². The average Bonchev–Trinajstić information content (AvgIpc) is 2.67. The molecule has 0 amide bonds. The van der Waals surface area contributed by atoms with Gasteiger partial charge in [-0.15, -0.1) is 0 Å². The Labute approximate surface area is 198 Å². The largest absolute Gasteiger partial charge is 0.490 e. The van der Waals surface area contributed by atoms with Gasteiger partial charge in [-0.2, -0.15) is 13.2 Å². The van der Waals surface area contributed by atoms with Crippen molar-refractivity contribution in [3.63, 3.8) is 0 Å². The second kappa shape index (κ2) is 9.91. The second-order valence-corrected chi connectivity index (χ2v) is 10.1. The summed E-state index contributed by atoms with van der Waals surface area (Å²) >= 11 is 0. The van der Waals surface area contributed by atoms with Gasteiger partial charge in [-0.3, -0.25) is 0 Å². The molecule has 3 heterocycles. The minimum absolute atomic E-state index is 0.0196. The first-order chi connectivity index (χ1) is 16.2. The molecule has 1 spiro atoms. The topological polar surface area (TPSA) is 134 Å². The fraction of sp³-hybridized carbons (Fsp3) is 0.450. The van der Waals surface area contributed by atoms with Crippen LogP contribution in [0.25, 0.3) is 0 Å². The van der Waals surface area contributed by atoms with Crippen LogP contribution in [0.3, 0.4) is 0 Å². The van der Waals surface area contributed by atoms with Gasteiger partial charge in [0.1, 0.15) is 22.8 Å². The lowest BCUT2D eigenvalue weighted by Crippen LogP contribution is -2.71. The monoisotopic (exact) mass is 521 g/mol. The van der Waals surface area contributed by atoms with Crippen LogP contribution >= 0.6 is 0 Å². The fourth-order valence-corrected chi connectivity index (χ4v) is 4.89. The molecule has 0 atom stereocenters. The van der Waals surface area contributed by atoms with Gasteiger partial charge in [0.05, 0.1) is 6.20 Å². The zero-order valence-electron chi connectivity index (χ0n) is 18.6. The van der Waals surface area contributed by atoms with Crippen molar-refractivity contribution >= 4 is 21.8 Å². The summed E-state index contributed by atoms with van der Waals surface area (Å²) in [6, 6.07) is 3.06. The summed E-state index contributed by atoms with van der Waals surface area (Å²) in [6.45, 7) is 7.02. The Bertz CT molecular complexity index is 1180. The van der Waals surface area contributed by atoms with E-state index < -0.39 is 28.0 Å². The predicted octanol–water partition coefficient (Wildman–Crippen LogP) is 2.14. The number of carbonyl (C=O) groups is 1. The molecule has 1 aromatic carbocycles. The number of alkyl halides is 3. The third-order valence-corrected chi connectivity index (χ3v) is 6.74. The summed E-state index contributed by atoms with van der Waals surface area (Å²) in [5, 5.41) is 10.4. The quantitative estimate of drug-likeness (QED) is 0.489. The van der Waals surface area contributed by atoms with Crippen LogP contribution in [0.5, 0.6) is 11.5 Å². The van der Waals surface area contributed by atoms with E-state index in [4.69, 9.17) is 14.6 Å². The second-order valence-electron chi connectivity index (χ2n) is 8.44. The number of nitrogens with zero attached hydrogens (tertiary/aromatic N) is 3. The number of sulfonamides is 1. The maximum absolute atomic E-state index is 13.8. The van der Waals surface area contributed by atoms with Crippen molar-refractivity contribution in [1.82, 2.24) is 20.0 Å². The van der Waals surface area contributed by atoms with E-state index in [1.54, 1.807) is 13.8 Å². The Morgan fingerprint density at radius 2 is 1.89 bits per heavy atom. The highest BCUT2D eigenvalue weighted by molar-refractivity contribution is 7.89. The van der Waals surface area contributed by atoms with Crippen LogP contribution in [0.2, 0.25) is 0 Å². The Morgan fingerprint density at radius 3 is 2.40 bits per heavy atom. The number of aromatic nitrogens is 2. The molecule has 10 nitrogen and oxygen atoms in total. The van der Waals surface area contributed by atoms with Crippen molar-refractivity contribution in [2.75, 3.05) is 31.1 Å². The maximum Gasteiger partial charge on any atom is 0.490 e. The molecule has 0 unspecified atom stereocenters. The summed E-state index contributed by atoms with van der Waals surface area (Å²) in [5.41, 5.74) is 0.285. The highest BCUT2D eigenvalue weighted by Crippen LogP contribution is 2.41. The van der Waals surface area contributed by atoms with Crippen LogP contribution in [0.1, 0.15) is 13.8 Å². The SMILES string of the molecule is CC(C)NS(=O)(=O)c1cc(F)ccc1Oc1cncnc1N1CC2(CNC2)C1.O=C(O)C(F)(F)F. The van der Waals surface area contributed by atoms with Crippen molar-refractivity contribution in [1.29, 1.82) is 0 Å². The number of carboxylic acid groups (broad SMARTS) is 1. The van der Waals surface area contributed by atoms with Gasteiger partial charge in [0.15, 0.2) is 11.6 Å². The van der Waals surface area contributed by atoms with Gasteiger partial charge in [0, 0.05) is 37.6 Å². The lowest BCUT2D eigenvalue weighted by molar-refractivity contribution is -0.192. The van der Waals surface area contributed by atoms with Crippen LogP contribution in [-0.4, -0.2) is 67.9 Å². The number of halogens is 4. The number of hydrogen-bond donors (Lipinski definition) is 3. The van der Waals surface area contributed by atoms with Gasteiger partial charge < -0.3 is 20.1 Å². The Hall–Kier alpha value is -3.04. The number of hydrogen-bond acceptors (Lipinski definition) is 8. The number of rotatable bonds is 6. The number of anilines is 1. The molecule has 4 rings (SSSR count). The third-order valence-electron chi connectivity index (χ3n) is 5.06. The molecule has 2 aromatic rings. The highest BCUT2D eigenvalue weighted by atomic mass is 32.2. The van der Waals surface area contributed by atoms with Crippen molar-refractivity contribution in [2.24, 2.45) is 5.41 Å². The third kappa shape index (κ3) is 6.35. The van der Waals surface area contributed by atoms with E-state index in [0.29, 0.717) is 11.6 Å². The summed E-state index contributed by atoms with van der Waals surface area (Å²) in [5.74, 6) is -2.48. The summed E-state index contributed by atoms with van der Waals surface area (Å²) in [7, 11) is -3.95. The lowest BCUT2D eigenvalue weighted by atomic mass is 9.74. The average molecular weight is 521 g/mol. The highest BCUT2D eigenvalue weighted by Gasteiger charge is 2.48. The smallest absolute Gasteiger partial charge is 0.475 e. The molecule has 2 aliphatic rings. The minimum Gasteiger partial charge on any atom is -0.475 e. The van der Waals surface area contributed by atoms with Crippen LogP contribution < -0.4 is 19.7 Å². The van der Waals surface area contributed by atoms with E-state index in [2.05, 4.69) is 24.9 Å². The van der Waals surface area contributed by atoms with E-state index in [-0.39, 0.29) is 22.1 Å². The zero-order valence-corrected chi connectivity index (χ0v) is 19.5. The van der Waals surface area contributed by atoms with E-state index in [1.807, 2.05) is 0 Å². The molecule has 0 aliphatic carbocycles. The number of aliphatic carboxylic acids is 1. The summed E-state index contributed by atoms with van der Waals surface area (Å²) in [4.78, 5) is 19.0. The number of ether oxygens (including phenoxy) is 1. The minimum atomic E-state index is -5.08. The van der Waals surface area contributed by atoms with Crippen molar-refractivity contribution < 1.29 is 40.6 Å². The van der Waals surface area contributed by atoms with E-state index in [1.165, 1.54) is 18.6 Å². The van der Waals surface area contributed by atoms with E-state index >= 15 is 0 Å². The Morgan fingerprint density at radius 1 is 1.26 bits per heavy atom. The summed E-state index contributed by atoms with van der Waals surface area (Å²) < 4.78 is 79.1. The van der Waals surface area contributed by atoms with Crippen LogP contribution in [0.4, 0.5) is 23.4 Å². The first kappa shape index (κ1) is 26.6. The first-order valence-electron chi connectivity index (χ1n) is 10.3. The zero-order chi connectivity index (χ0) is 26.0. The van der Waals surface area contributed by atoms with Crippen molar-refractivity contribution in [2.45, 2.75) is 31.0 Å². The number of nitrogens with one attached hydrogen (secondary N) is 2. The molecule has 2 saturated heterocycles. The predicted molar refractivity (Wildman–Crippen MR) is 115 cm³/mol. The molecular weight excluding hydrogens is 498 g/mol.